The third-order valence-electron chi connectivity index (χ3n) is 2.84. The number of halogens is 5. The van der Waals surface area contributed by atoms with Gasteiger partial charge < -0.3 is 11.1 Å². The van der Waals surface area contributed by atoms with Crippen molar-refractivity contribution in [2.75, 3.05) is 11.1 Å². The van der Waals surface area contributed by atoms with E-state index in [4.69, 9.17) is 5.73 Å². The van der Waals surface area contributed by atoms with Crippen molar-refractivity contribution in [3.8, 4) is 0 Å². The highest BCUT2D eigenvalue weighted by atomic mass is 79.9. The number of rotatable bonds is 2. The van der Waals surface area contributed by atoms with Gasteiger partial charge in [-0.25, -0.2) is 4.98 Å². The molecule has 0 aliphatic carbocycles. The monoisotopic (exact) mass is 423 g/mol. The lowest BCUT2D eigenvalue weighted by molar-refractivity contribution is -0.138. The molecule has 1 aromatic heterocycles. The van der Waals surface area contributed by atoms with Crippen LogP contribution in [0.25, 0.3) is 0 Å². The zero-order chi connectivity index (χ0) is 15.8. The Morgan fingerprint density at radius 2 is 1.90 bits per heavy atom. The third kappa shape index (κ3) is 3.49. The van der Waals surface area contributed by atoms with Crippen LogP contribution in [0.5, 0.6) is 0 Å². The first-order chi connectivity index (χ1) is 9.70. The van der Waals surface area contributed by atoms with Gasteiger partial charge >= 0.3 is 6.18 Å². The van der Waals surface area contributed by atoms with Crippen molar-refractivity contribution in [1.29, 1.82) is 0 Å². The van der Waals surface area contributed by atoms with Gasteiger partial charge in [0.25, 0.3) is 0 Å². The van der Waals surface area contributed by atoms with E-state index in [9.17, 15) is 13.2 Å². The van der Waals surface area contributed by atoms with Gasteiger partial charge in [0.2, 0.25) is 0 Å². The Kier molecular flexibility index (Phi) is 4.48. The van der Waals surface area contributed by atoms with E-state index in [1.165, 1.54) is 18.3 Å². The fraction of sp³-hybridized carbons (Fsp3) is 0.154. The summed E-state index contributed by atoms with van der Waals surface area (Å²) < 4.78 is 39.2. The van der Waals surface area contributed by atoms with Crippen molar-refractivity contribution in [3.05, 3.63) is 44.5 Å². The van der Waals surface area contributed by atoms with Gasteiger partial charge in [-0.2, -0.15) is 13.2 Å². The Bertz CT molecular complexity index is 687. The summed E-state index contributed by atoms with van der Waals surface area (Å²) in [4.78, 5) is 4.07. The molecule has 1 aromatic carbocycles. The topological polar surface area (TPSA) is 50.9 Å². The van der Waals surface area contributed by atoms with Gasteiger partial charge in [-0.15, -0.1) is 0 Å². The first-order valence-corrected chi connectivity index (χ1v) is 7.33. The van der Waals surface area contributed by atoms with Crippen LogP contribution in [0.4, 0.5) is 30.4 Å². The molecule has 21 heavy (non-hydrogen) atoms. The van der Waals surface area contributed by atoms with Gasteiger partial charge in [-0.3, -0.25) is 0 Å². The highest BCUT2D eigenvalue weighted by Crippen LogP contribution is 2.37. The fourth-order valence-corrected chi connectivity index (χ4v) is 2.54. The van der Waals surface area contributed by atoms with Crippen LogP contribution >= 0.6 is 31.9 Å². The lowest BCUT2D eigenvalue weighted by Gasteiger charge is -2.14. The maximum Gasteiger partial charge on any atom is 0.417 e. The van der Waals surface area contributed by atoms with E-state index in [-0.39, 0.29) is 10.2 Å². The molecule has 8 heteroatoms. The van der Waals surface area contributed by atoms with Crippen LogP contribution in [0, 0.1) is 6.92 Å². The molecule has 2 aromatic rings. The predicted molar refractivity (Wildman–Crippen MR) is 83.5 cm³/mol. The Morgan fingerprint density at radius 1 is 1.24 bits per heavy atom. The summed E-state index contributed by atoms with van der Waals surface area (Å²) in [5.41, 5.74) is 6.50. The second-order valence-corrected chi connectivity index (χ2v) is 5.97. The average molecular weight is 425 g/mol. The zero-order valence-corrected chi connectivity index (χ0v) is 13.9. The predicted octanol–water partition coefficient (Wildman–Crippen LogP) is 5.26. The number of benzene rings is 1. The van der Waals surface area contributed by atoms with Crippen molar-refractivity contribution >= 4 is 49.1 Å². The fourth-order valence-electron chi connectivity index (χ4n) is 1.64. The standard InChI is InChI=1S/C13H10Br2F3N3/c1-6-10(19)5-20-12(11(6)15)21-7-2-3-9(14)8(4-7)13(16,17)18/h2-5H,19H2,1H3,(H,20,21). The van der Waals surface area contributed by atoms with Crippen molar-refractivity contribution in [3.63, 3.8) is 0 Å². The van der Waals surface area contributed by atoms with Gasteiger partial charge in [0.15, 0.2) is 0 Å². The summed E-state index contributed by atoms with van der Waals surface area (Å²) in [5.74, 6) is 0.400. The highest BCUT2D eigenvalue weighted by Gasteiger charge is 2.33. The average Bonchev–Trinajstić information content (AvgIpc) is 2.40. The number of hydrogen-bond donors (Lipinski definition) is 2. The second kappa shape index (κ2) is 5.84. The number of alkyl halides is 3. The molecule has 3 nitrogen and oxygen atoms in total. The lowest BCUT2D eigenvalue weighted by atomic mass is 10.2. The van der Waals surface area contributed by atoms with Crippen molar-refractivity contribution in [1.82, 2.24) is 4.98 Å². The largest absolute Gasteiger partial charge is 0.417 e. The maximum atomic E-state index is 12.9. The molecule has 3 N–H and O–H groups in total. The van der Waals surface area contributed by atoms with Crippen LogP contribution < -0.4 is 11.1 Å². The molecule has 0 aliphatic rings. The molecule has 0 amide bonds. The molecule has 0 aliphatic heterocycles. The quantitative estimate of drug-likeness (QED) is 0.691. The lowest BCUT2D eigenvalue weighted by Crippen LogP contribution is -2.07. The van der Waals surface area contributed by atoms with Crippen molar-refractivity contribution < 1.29 is 13.2 Å². The minimum Gasteiger partial charge on any atom is -0.397 e. The van der Waals surface area contributed by atoms with E-state index in [2.05, 4.69) is 42.2 Å². The van der Waals surface area contributed by atoms with Gasteiger partial charge in [0.05, 0.1) is 21.9 Å². The van der Waals surface area contributed by atoms with Crippen LogP contribution in [-0.2, 0) is 6.18 Å². The summed E-state index contributed by atoms with van der Waals surface area (Å²) in [6.45, 7) is 1.79. The number of aromatic nitrogens is 1. The normalized spacial score (nSPS) is 11.5. The SMILES string of the molecule is Cc1c(N)cnc(Nc2ccc(Br)c(C(F)(F)F)c2)c1Br. The summed E-state index contributed by atoms with van der Waals surface area (Å²) in [6, 6.07) is 3.88. The molecule has 2 rings (SSSR count). The van der Waals surface area contributed by atoms with Crippen LogP contribution in [0.1, 0.15) is 11.1 Å². The summed E-state index contributed by atoms with van der Waals surface area (Å²) in [6.07, 6.45) is -2.98. The Hall–Kier alpha value is -1.28. The number of nitrogens with zero attached hydrogens (tertiary/aromatic N) is 1. The van der Waals surface area contributed by atoms with E-state index >= 15 is 0 Å². The Labute approximate surface area is 136 Å². The maximum absolute atomic E-state index is 12.9. The highest BCUT2D eigenvalue weighted by molar-refractivity contribution is 9.11. The molecular formula is C13H10Br2F3N3. The molecule has 0 bridgehead atoms. The molecule has 0 fully saturated rings. The molecule has 1 heterocycles. The summed E-state index contributed by atoms with van der Waals surface area (Å²) in [7, 11) is 0. The molecule has 0 saturated carbocycles. The molecule has 0 atom stereocenters. The van der Waals surface area contributed by atoms with E-state index in [0.29, 0.717) is 16.0 Å². The van der Waals surface area contributed by atoms with Gasteiger partial charge in [-0.1, -0.05) is 15.9 Å². The number of pyridine rings is 1. The molecule has 0 saturated heterocycles. The Morgan fingerprint density at radius 3 is 2.52 bits per heavy atom. The van der Waals surface area contributed by atoms with E-state index in [1.54, 1.807) is 6.92 Å². The van der Waals surface area contributed by atoms with Crippen LogP contribution in [0.3, 0.4) is 0 Å². The van der Waals surface area contributed by atoms with E-state index < -0.39 is 11.7 Å². The first-order valence-electron chi connectivity index (χ1n) is 5.74. The minimum atomic E-state index is -4.43. The Balaban J connectivity index is 2.39. The molecule has 112 valence electrons. The number of nitrogens with two attached hydrogens (primary N) is 1. The summed E-state index contributed by atoms with van der Waals surface area (Å²) in [5, 5.41) is 2.85. The zero-order valence-electron chi connectivity index (χ0n) is 10.7. The van der Waals surface area contributed by atoms with Gasteiger partial charge in [-0.05, 0) is 46.6 Å². The number of nitrogen functional groups attached to an aromatic ring is 1. The van der Waals surface area contributed by atoms with E-state index in [1.807, 2.05) is 0 Å². The van der Waals surface area contributed by atoms with Gasteiger partial charge in [0.1, 0.15) is 5.82 Å². The number of nitrogens with one attached hydrogen (secondary N) is 1. The third-order valence-corrected chi connectivity index (χ3v) is 4.50. The summed E-state index contributed by atoms with van der Waals surface area (Å²) >= 11 is 6.22. The molecule has 0 radical (unpaired) electrons. The van der Waals surface area contributed by atoms with E-state index in [0.717, 1.165) is 11.6 Å². The van der Waals surface area contributed by atoms with Crippen molar-refractivity contribution in [2.24, 2.45) is 0 Å². The van der Waals surface area contributed by atoms with Crippen LogP contribution in [-0.4, -0.2) is 4.98 Å². The smallest absolute Gasteiger partial charge is 0.397 e. The van der Waals surface area contributed by atoms with Crippen molar-refractivity contribution in [2.45, 2.75) is 13.1 Å². The molecule has 0 spiro atoms. The molecule has 0 unspecified atom stereocenters. The minimum absolute atomic E-state index is 0.0129. The number of hydrogen-bond acceptors (Lipinski definition) is 3. The van der Waals surface area contributed by atoms with Gasteiger partial charge in [0, 0.05) is 10.2 Å². The first kappa shape index (κ1) is 16.1. The molecular weight excluding hydrogens is 415 g/mol. The second-order valence-electron chi connectivity index (χ2n) is 4.32. The number of anilines is 3. The van der Waals surface area contributed by atoms with Crippen LogP contribution in [0.2, 0.25) is 0 Å². The van der Waals surface area contributed by atoms with Crippen LogP contribution in [0.15, 0.2) is 33.3 Å².